The number of benzene rings is 2. The van der Waals surface area contributed by atoms with Gasteiger partial charge in [-0.1, -0.05) is 42.8 Å². The van der Waals surface area contributed by atoms with E-state index in [9.17, 15) is 12.8 Å². The number of halogens is 2. The first-order valence-corrected chi connectivity index (χ1v) is 11.0. The van der Waals surface area contributed by atoms with Crippen LogP contribution >= 0.6 is 11.6 Å². The Morgan fingerprint density at radius 2 is 1.88 bits per heavy atom. The van der Waals surface area contributed by atoms with Gasteiger partial charge >= 0.3 is 0 Å². The highest BCUT2D eigenvalue weighted by Gasteiger charge is 2.22. The van der Waals surface area contributed by atoms with Gasteiger partial charge in [-0.15, -0.1) is 0 Å². The van der Waals surface area contributed by atoms with E-state index in [-0.39, 0.29) is 16.6 Å². The number of nitrogens with one attached hydrogen (secondary N) is 1. The SMILES string of the molecule is CCC(NS(=O)(=O)Cc1c(F)cccc1Cl)c1ccc2c(c1)CCCC2. The molecule has 140 valence electrons. The van der Waals surface area contributed by atoms with Crippen molar-refractivity contribution in [3.05, 3.63) is 69.5 Å². The molecular weight excluding hydrogens is 373 g/mol. The summed E-state index contributed by atoms with van der Waals surface area (Å²) in [5.74, 6) is -1.08. The van der Waals surface area contributed by atoms with Crippen molar-refractivity contribution in [2.45, 2.75) is 50.8 Å². The molecule has 26 heavy (non-hydrogen) atoms. The Kier molecular flexibility index (Phi) is 6.00. The van der Waals surface area contributed by atoms with Gasteiger partial charge < -0.3 is 0 Å². The monoisotopic (exact) mass is 395 g/mol. The van der Waals surface area contributed by atoms with E-state index in [1.165, 1.54) is 42.2 Å². The molecule has 3 rings (SSSR count). The van der Waals surface area contributed by atoms with Crippen LogP contribution in [0.4, 0.5) is 4.39 Å². The van der Waals surface area contributed by atoms with Crippen LogP contribution in [-0.2, 0) is 28.6 Å². The maximum Gasteiger partial charge on any atom is 0.216 e. The van der Waals surface area contributed by atoms with Crippen LogP contribution in [0.1, 0.15) is 54.5 Å². The number of hydrogen-bond acceptors (Lipinski definition) is 2. The fourth-order valence-corrected chi connectivity index (χ4v) is 5.28. The molecule has 0 radical (unpaired) electrons. The highest BCUT2D eigenvalue weighted by molar-refractivity contribution is 7.88. The molecular formula is C20H23ClFNO2S. The number of hydrogen-bond donors (Lipinski definition) is 1. The van der Waals surface area contributed by atoms with Gasteiger partial charge in [0.25, 0.3) is 0 Å². The van der Waals surface area contributed by atoms with Crippen molar-refractivity contribution in [1.29, 1.82) is 0 Å². The summed E-state index contributed by atoms with van der Waals surface area (Å²) in [5, 5.41) is 0.122. The number of fused-ring (bicyclic) bond motifs is 1. The average Bonchev–Trinajstić information content (AvgIpc) is 2.62. The second kappa shape index (κ2) is 8.07. The van der Waals surface area contributed by atoms with Crippen LogP contribution in [0.15, 0.2) is 36.4 Å². The lowest BCUT2D eigenvalue weighted by atomic mass is 9.89. The summed E-state index contributed by atoms with van der Waals surface area (Å²) >= 11 is 5.97. The average molecular weight is 396 g/mol. The fraction of sp³-hybridized carbons (Fsp3) is 0.400. The second-order valence-corrected chi connectivity index (χ2v) is 8.93. The Bertz CT molecular complexity index is 878. The quantitative estimate of drug-likeness (QED) is 0.753. The van der Waals surface area contributed by atoms with Crippen LogP contribution in [0, 0.1) is 5.82 Å². The molecule has 0 aromatic heterocycles. The highest BCUT2D eigenvalue weighted by Crippen LogP contribution is 2.27. The van der Waals surface area contributed by atoms with E-state index < -0.39 is 21.6 Å². The van der Waals surface area contributed by atoms with Gasteiger partial charge in [-0.05, 0) is 60.9 Å². The number of rotatable bonds is 6. The number of aryl methyl sites for hydroxylation is 2. The van der Waals surface area contributed by atoms with Crippen LogP contribution in [0.25, 0.3) is 0 Å². The lowest BCUT2D eigenvalue weighted by Crippen LogP contribution is -2.30. The van der Waals surface area contributed by atoms with Gasteiger partial charge in [-0.2, -0.15) is 0 Å². The molecule has 0 saturated carbocycles. The molecule has 0 aliphatic heterocycles. The third-order valence-corrected chi connectivity index (χ3v) is 6.57. The van der Waals surface area contributed by atoms with E-state index in [4.69, 9.17) is 11.6 Å². The van der Waals surface area contributed by atoms with Crippen molar-refractivity contribution in [2.24, 2.45) is 0 Å². The molecule has 1 N–H and O–H groups in total. The molecule has 3 nitrogen and oxygen atoms in total. The summed E-state index contributed by atoms with van der Waals surface area (Å²) in [4.78, 5) is 0. The zero-order chi connectivity index (χ0) is 18.7. The molecule has 0 spiro atoms. The van der Waals surface area contributed by atoms with Gasteiger partial charge in [0.1, 0.15) is 5.82 Å². The summed E-state index contributed by atoms with van der Waals surface area (Å²) < 4.78 is 41.8. The maximum atomic E-state index is 13.9. The normalized spacial score (nSPS) is 15.5. The molecule has 0 bridgehead atoms. The zero-order valence-electron chi connectivity index (χ0n) is 14.8. The van der Waals surface area contributed by atoms with Crippen LogP contribution in [0.3, 0.4) is 0 Å². The van der Waals surface area contributed by atoms with E-state index in [1.54, 1.807) is 0 Å². The largest absolute Gasteiger partial charge is 0.216 e. The highest BCUT2D eigenvalue weighted by atomic mass is 35.5. The minimum Gasteiger partial charge on any atom is -0.212 e. The minimum atomic E-state index is -3.73. The Labute approximate surface area is 159 Å². The van der Waals surface area contributed by atoms with E-state index in [0.717, 1.165) is 18.4 Å². The van der Waals surface area contributed by atoms with Crippen LogP contribution in [0.2, 0.25) is 5.02 Å². The molecule has 6 heteroatoms. The zero-order valence-corrected chi connectivity index (χ0v) is 16.3. The summed E-state index contributed by atoms with van der Waals surface area (Å²) in [6.07, 6.45) is 5.12. The molecule has 1 atom stereocenters. The summed E-state index contributed by atoms with van der Waals surface area (Å²) in [6.45, 7) is 1.93. The van der Waals surface area contributed by atoms with Crippen LogP contribution in [0.5, 0.6) is 0 Å². The molecule has 0 fully saturated rings. The second-order valence-electron chi connectivity index (χ2n) is 6.77. The first kappa shape index (κ1) is 19.3. The molecule has 1 aliphatic carbocycles. The van der Waals surface area contributed by atoms with E-state index >= 15 is 0 Å². The van der Waals surface area contributed by atoms with Crippen molar-refractivity contribution >= 4 is 21.6 Å². The summed E-state index contributed by atoms with van der Waals surface area (Å²) in [7, 11) is -3.73. The van der Waals surface area contributed by atoms with Gasteiger partial charge in [-0.3, -0.25) is 0 Å². The Balaban J connectivity index is 1.81. The number of sulfonamides is 1. The van der Waals surface area contributed by atoms with Crippen LogP contribution < -0.4 is 4.72 Å². The first-order valence-electron chi connectivity index (χ1n) is 8.94. The van der Waals surface area contributed by atoms with Gasteiger partial charge in [-0.25, -0.2) is 17.5 Å². The van der Waals surface area contributed by atoms with Gasteiger partial charge in [0.05, 0.1) is 5.75 Å². The van der Waals surface area contributed by atoms with Crippen LogP contribution in [-0.4, -0.2) is 8.42 Å². The van der Waals surface area contributed by atoms with Crippen molar-refractivity contribution in [3.8, 4) is 0 Å². The Hall–Kier alpha value is -1.43. The molecule has 2 aromatic carbocycles. The Morgan fingerprint density at radius 1 is 1.15 bits per heavy atom. The predicted molar refractivity (Wildman–Crippen MR) is 103 cm³/mol. The molecule has 1 aliphatic rings. The lowest BCUT2D eigenvalue weighted by Gasteiger charge is -2.22. The lowest BCUT2D eigenvalue weighted by molar-refractivity contribution is 0.545. The molecule has 0 saturated heterocycles. The maximum absolute atomic E-state index is 13.9. The third kappa shape index (κ3) is 4.45. The van der Waals surface area contributed by atoms with Gasteiger partial charge in [0.15, 0.2) is 0 Å². The molecule has 2 aromatic rings. The molecule has 1 unspecified atom stereocenters. The fourth-order valence-electron chi connectivity index (χ4n) is 3.48. The summed E-state index contributed by atoms with van der Waals surface area (Å²) in [6, 6.07) is 10.1. The molecule has 0 amide bonds. The smallest absolute Gasteiger partial charge is 0.212 e. The third-order valence-electron chi connectivity index (χ3n) is 4.90. The standard InChI is InChI=1S/C20H23ClFNO2S/c1-2-20(16-11-10-14-6-3-4-7-15(14)12-16)23-26(24,25)13-17-18(21)8-5-9-19(17)22/h5,8-12,20,23H,2-4,6-7,13H2,1H3. The van der Waals surface area contributed by atoms with Crippen molar-refractivity contribution in [3.63, 3.8) is 0 Å². The van der Waals surface area contributed by atoms with Crippen molar-refractivity contribution in [2.75, 3.05) is 0 Å². The summed E-state index contributed by atoms with van der Waals surface area (Å²) in [5.41, 5.74) is 3.62. The first-order chi connectivity index (χ1) is 12.4. The van der Waals surface area contributed by atoms with E-state index in [1.807, 2.05) is 13.0 Å². The van der Waals surface area contributed by atoms with E-state index in [2.05, 4.69) is 16.9 Å². The van der Waals surface area contributed by atoms with Gasteiger partial charge in [0, 0.05) is 16.6 Å². The van der Waals surface area contributed by atoms with E-state index in [0.29, 0.717) is 6.42 Å². The van der Waals surface area contributed by atoms with Crippen molar-refractivity contribution in [1.82, 2.24) is 4.72 Å². The predicted octanol–water partition coefficient (Wildman–Crippen LogP) is 4.93. The van der Waals surface area contributed by atoms with Gasteiger partial charge in [0.2, 0.25) is 10.0 Å². The Morgan fingerprint density at radius 3 is 2.58 bits per heavy atom. The topological polar surface area (TPSA) is 46.2 Å². The minimum absolute atomic E-state index is 0.00182. The van der Waals surface area contributed by atoms with Crippen molar-refractivity contribution < 1.29 is 12.8 Å². The molecule has 0 heterocycles.